The number of carbonyl (C=O) groups is 2. The first kappa shape index (κ1) is 23.3. The quantitative estimate of drug-likeness (QED) is 0.424. The van der Waals surface area contributed by atoms with Crippen molar-refractivity contribution in [2.75, 3.05) is 18.4 Å². The van der Waals surface area contributed by atoms with Crippen molar-refractivity contribution in [3.05, 3.63) is 59.4 Å². The Bertz CT molecular complexity index is 1520. The number of aliphatic hydroxyl groups is 1. The Morgan fingerprint density at radius 2 is 1.97 bits per heavy atom. The lowest BCUT2D eigenvalue weighted by Gasteiger charge is -2.64. The van der Waals surface area contributed by atoms with E-state index >= 15 is 0 Å². The van der Waals surface area contributed by atoms with Crippen LogP contribution < -0.4 is 15.4 Å². The van der Waals surface area contributed by atoms with E-state index in [1.807, 2.05) is 12.1 Å². The predicted octanol–water partition coefficient (Wildman–Crippen LogP) is 2.56. The van der Waals surface area contributed by atoms with Crippen LogP contribution in [0.2, 0.25) is 0 Å². The molecule has 3 N–H and O–H groups in total. The van der Waals surface area contributed by atoms with Gasteiger partial charge >= 0.3 is 0 Å². The van der Waals surface area contributed by atoms with Crippen LogP contribution in [0.4, 0.5) is 5.69 Å². The molecule has 9 nitrogen and oxygen atoms in total. The van der Waals surface area contributed by atoms with E-state index in [1.165, 1.54) is 18.4 Å². The molecular formula is C30H31N5O4. The Labute approximate surface area is 226 Å². The van der Waals surface area contributed by atoms with E-state index < -0.39 is 17.1 Å². The molecule has 0 radical (unpaired) electrons. The van der Waals surface area contributed by atoms with Gasteiger partial charge in [-0.05, 0) is 80.8 Å². The van der Waals surface area contributed by atoms with Crippen LogP contribution in [0.3, 0.4) is 0 Å². The standard InChI is InChI=1S/C30H31N5O4/c36-16-33-21-6-3-18-14-24-30(38)8-7-22(34-28(37)19-4-5-20-23(13-19)32-11-10-31-20)27-29(30,25(18)26(21)39-27)9-12-35(24)15-17-1-2-17/h3-6,10-11,13,16-17,22,24,27,38H,1-2,7-9,12,14-15H2,(H,33,36)(H,34,37)/t22?,24-,27?,29+,30-/m1/s1. The number of hydrogen-bond donors (Lipinski definition) is 3. The van der Waals surface area contributed by atoms with Gasteiger partial charge < -0.3 is 20.5 Å². The lowest BCUT2D eigenvalue weighted by molar-refractivity contribution is -0.190. The number of likely N-dealkylation sites (tertiary alicyclic amines) is 1. The van der Waals surface area contributed by atoms with Gasteiger partial charge in [0, 0.05) is 36.1 Å². The molecule has 9 heteroatoms. The van der Waals surface area contributed by atoms with Crippen molar-refractivity contribution in [3.63, 3.8) is 0 Å². The molecule has 2 aromatic carbocycles. The number of amides is 2. The first-order chi connectivity index (χ1) is 19.0. The highest BCUT2D eigenvalue weighted by atomic mass is 16.5. The van der Waals surface area contributed by atoms with Crippen molar-refractivity contribution in [1.82, 2.24) is 20.2 Å². The second kappa shape index (κ2) is 8.22. The summed E-state index contributed by atoms with van der Waals surface area (Å²) in [5.74, 6) is 1.19. The molecule has 8 rings (SSSR count). The lowest BCUT2D eigenvalue weighted by atomic mass is 9.48. The topological polar surface area (TPSA) is 117 Å². The average Bonchev–Trinajstić information content (AvgIpc) is 3.69. The van der Waals surface area contributed by atoms with Gasteiger partial charge in [-0.3, -0.25) is 24.5 Å². The summed E-state index contributed by atoms with van der Waals surface area (Å²) >= 11 is 0. The van der Waals surface area contributed by atoms with Gasteiger partial charge in [0.1, 0.15) is 11.9 Å². The summed E-state index contributed by atoms with van der Waals surface area (Å²) in [6.07, 6.45) is 8.73. The largest absolute Gasteiger partial charge is 0.485 e. The monoisotopic (exact) mass is 525 g/mol. The van der Waals surface area contributed by atoms with E-state index in [0.717, 1.165) is 42.9 Å². The third-order valence-electron chi connectivity index (χ3n) is 10.0. The van der Waals surface area contributed by atoms with E-state index in [0.29, 0.717) is 41.8 Å². The third-order valence-corrected chi connectivity index (χ3v) is 10.0. The van der Waals surface area contributed by atoms with E-state index in [4.69, 9.17) is 4.74 Å². The summed E-state index contributed by atoms with van der Waals surface area (Å²) in [6, 6.07) is 9.05. The van der Waals surface area contributed by atoms with Gasteiger partial charge in [0.2, 0.25) is 6.41 Å². The molecule has 2 saturated carbocycles. The van der Waals surface area contributed by atoms with Crippen molar-refractivity contribution < 1.29 is 19.4 Å². The van der Waals surface area contributed by atoms with Gasteiger partial charge in [-0.2, -0.15) is 0 Å². The van der Waals surface area contributed by atoms with Crippen LogP contribution in [0, 0.1) is 5.92 Å². The number of piperidine rings is 1. The van der Waals surface area contributed by atoms with Crippen LogP contribution in [0.25, 0.3) is 11.0 Å². The average molecular weight is 526 g/mol. The minimum Gasteiger partial charge on any atom is -0.485 e. The number of nitrogens with zero attached hydrogens (tertiary/aromatic N) is 3. The third kappa shape index (κ3) is 3.20. The van der Waals surface area contributed by atoms with Crippen molar-refractivity contribution in [1.29, 1.82) is 0 Å². The van der Waals surface area contributed by atoms with E-state index in [2.05, 4.69) is 31.6 Å². The maximum Gasteiger partial charge on any atom is 0.251 e. The van der Waals surface area contributed by atoms with E-state index in [9.17, 15) is 14.7 Å². The zero-order valence-electron chi connectivity index (χ0n) is 21.6. The Morgan fingerprint density at radius 1 is 1.13 bits per heavy atom. The normalized spacial score (nSPS) is 32.3. The summed E-state index contributed by atoms with van der Waals surface area (Å²) in [6.45, 7) is 1.92. The molecule has 1 aromatic heterocycles. The van der Waals surface area contributed by atoms with Crippen LogP contribution in [0.1, 0.15) is 53.6 Å². The summed E-state index contributed by atoms with van der Waals surface area (Å²) in [5, 5.41) is 18.8. The SMILES string of the molecule is O=CNc1ccc2c3c1OC1C(NC(=O)c4ccc5nccnc5c4)CC[C@@]4(O)[C@@H](C2)N(CC2CC2)CC[C@]314. The predicted molar refractivity (Wildman–Crippen MR) is 144 cm³/mol. The second-order valence-corrected chi connectivity index (χ2v) is 12.0. The molecule has 3 aromatic rings. The number of hydrogen-bond acceptors (Lipinski definition) is 7. The molecule has 2 unspecified atom stereocenters. The Morgan fingerprint density at radius 3 is 2.79 bits per heavy atom. The van der Waals surface area contributed by atoms with Gasteiger partial charge in [-0.25, -0.2) is 0 Å². The maximum absolute atomic E-state index is 13.5. The minimum absolute atomic E-state index is 0.0111. The Balaban J connectivity index is 1.19. The van der Waals surface area contributed by atoms with Crippen LogP contribution in [-0.4, -0.2) is 69.2 Å². The smallest absolute Gasteiger partial charge is 0.251 e. The fourth-order valence-corrected chi connectivity index (χ4v) is 8.18. The van der Waals surface area contributed by atoms with Crippen LogP contribution in [0.5, 0.6) is 5.75 Å². The minimum atomic E-state index is -0.970. The van der Waals surface area contributed by atoms with E-state index in [-0.39, 0.29) is 18.0 Å². The molecule has 1 spiro atoms. The van der Waals surface area contributed by atoms with Crippen molar-refractivity contribution in [3.8, 4) is 5.75 Å². The molecule has 3 fully saturated rings. The Kier molecular flexibility index (Phi) is 4.92. The first-order valence-electron chi connectivity index (χ1n) is 14.0. The number of carbonyl (C=O) groups excluding carboxylic acids is 2. The van der Waals surface area contributed by atoms with Crippen molar-refractivity contribution >= 4 is 29.0 Å². The van der Waals surface area contributed by atoms with Crippen molar-refractivity contribution in [2.24, 2.45) is 5.92 Å². The summed E-state index contributed by atoms with van der Waals surface area (Å²) in [5.41, 5.74) is 3.13. The highest BCUT2D eigenvalue weighted by Crippen LogP contribution is 2.65. The van der Waals surface area contributed by atoms with Gasteiger partial charge in [-0.15, -0.1) is 0 Å². The highest BCUT2D eigenvalue weighted by Gasteiger charge is 2.73. The molecule has 5 aliphatic rings. The first-order valence-corrected chi connectivity index (χ1v) is 14.0. The molecular weight excluding hydrogens is 494 g/mol. The fraction of sp³-hybridized carbons (Fsp3) is 0.467. The van der Waals surface area contributed by atoms with Crippen LogP contribution in [-0.2, 0) is 16.6 Å². The number of aromatic nitrogens is 2. The molecule has 2 amide bonds. The van der Waals surface area contributed by atoms with Gasteiger partial charge in [-0.1, -0.05) is 6.07 Å². The van der Waals surface area contributed by atoms with Gasteiger partial charge in [0.15, 0.2) is 0 Å². The van der Waals surface area contributed by atoms with Gasteiger partial charge in [0.05, 0.1) is 33.8 Å². The maximum atomic E-state index is 13.5. The second-order valence-electron chi connectivity index (χ2n) is 12.0. The Hall–Kier alpha value is -3.56. The lowest BCUT2D eigenvalue weighted by Crippen LogP contribution is -2.78. The number of fused-ring (bicyclic) bond motifs is 1. The number of rotatable bonds is 6. The van der Waals surface area contributed by atoms with Crippen LogP contribution in [0.15, 0.2) is 42.7 Å². The molecule has 39 heavy (non-hydrogen) atoms. The van der Waals surface area contributed by atoms with Crippen LogP contribution >= 0.6 is 0 Å². The summed E-state index contributed by atoms with van der Waals surface area (Å²) < 4.78 is 6.74. The summed E-state index contributed by atoms with van der Waals surface area (Å²) in [7, 11) is 0. The zero-order chi connectivity index (χ0) is 26.4. The fourth-order valence-electron chi connectivity index (χ4n) is 8.18. The van der Waals surface area contributed by atoms with Gasteiger partial charge in [0.25, 0.3) is 5.91 Å². The summed E-state index contributed by atoms with van der Waals surface area (Å²) in [4.78, 5) is 36.2. The molecule has 3 aliphatic carbocycles. The van der Waals surface area contributed by atoms with Crippen molar-refractivity contribution in [2.45, 2.75) is 67.7 Å². The number of ether oxygens (including phenoxy) is 1. The molecule has 2 aliphatic heterocycles. The molecule has 1 saturated heterocycles. The highest BCUT2D eigenvalue weighted by molar-refractivity contribution is 5.97. The molecule has 3 heterocycles. The molecule has 5 atom stereocenters. The zero-order valence-corrected chi connectivity index (χ0v) is 21.6. The number of anilines is 1. The number of nitrogens with one attached hydrogen (secondary N) is 2. The number of benzene rings is 2. The molecule has 200 valence electrons. The van der Waals surface area contributed by atoms with E-state index in [1.54, 1.807) is 24.5 Å². The molecule has 2 bridgehead atoms.